The molecule has 1 rings (SSSR count). The summed E-state index contributed by atoms with van der Waals surface area (Å²) in [6.07, 6.45) is 0. The fourth-order valence-corrected chi connectivity index (χ4v) is 1.67. The maximum absolute atomic E-state index is 4.61. The van der Waals surface area contributed by atoms with E-state index in [1.54, 1.807) is 0 Å². The summed E-state index contributed by atoms with van der Waals surface area (Å²) in [5.41, 5.74) is 5.07. The Morgan fingerprint density at radius 2 is 1.24 bits per heavy atom. The van der Waals surface area contributed by atoms with Crippen LogP contribution in [0.2, 0.25) is 0 Å². The Hall–Kier alpha value is -0.121. The first kappa shape index (κ1) is 29.0. The van der Waals surface area contributed by atoms with Crippen LogP contribution >= 0.6 is 0 Å². The number of hydrogen-bond donors (Lipinski definition) is 0. The van der Waals surface area contributed by atoms with Gasteiger partial charge in [0.2, 0.25) is 0 Å². The summed E-state index contributed by atoms with van der Waals surface area (Å²) < 4.78 is 0. The van der Waals surface area contributed by atoms with Gasteiger partial charge in [0.05, 0.1) is 22.8 Å². The van der Waals surface area contributed by atoms with Crippen LogP contribution in [-0.4, -0.2) is 29.5 Å². The van der Waals surface area contributed by atoms with Crippen molar-refractivity contribution in [2.24, 2.45) is 9.98 Å². The minimum absolute atomic E-state index is 0. The third kappa shape index (κ3) is 9.49. The molecule has 1 aromatic heterocycles. The molecule has 0 atom stereocenters. The summed E-state index contributed by atoms with van der Waals surface area (Å²) in [6.45, 7) is 11.7. The second kappa shape index (κ2) is 14.8. The smallest absolute Gasteiger partial charge is 1.00 e. The number of pyridine rings is 1. The quantitative estimate of drug-likeness (QED) is 0.371. The number of hydrogen-bond acceptors (Lipinski definition) is 3. The van der Waals surface area contributed by atoms with Gasteiger partial charge < -0.3 is 37.2 Å². The summed E-state index contributed by atoms with van der Waals surface area (Å²) in [6, 6.07) is 4.13. The standard InChI is InChI=1S/C14H21N3.3ClH.Fe/c1-6-15-11(4)13-8-10(3)9-14(17-13)12(5)16-7-2;;;;/h8-9H,6-7H2,1-5H3;3*1H;/q;;;;+3/p-3. The second-order valence-electron chi connectivity index (χ2n) is 4.03. The van der Waals surface area contributed by atoms with Gasteiger partial charge in [-0.25, -0.2) is 4.98 Å². The van der Waals surface area contributed by atoms with E-state index in [-0.39, 0.29) is 54.3 Å². The Labute approximate surface area is 157 Å². The van der Waals surface area contributed by atoms with Gasteiger partial charge in [-0.15, -0.1) is 0 Å². The molecule has 0 aromatic carbocycles. The van der Waals surface area contributed by atoms with Crippen LogP contribution in [0, 0.1) is 6.92 Å². The first-order valence-electron chi connectivity index (χ1n) is 6.10. The van der Waals surface area contributed by atoms with Crippen molar-refractivity contribution in [3.8, 4) is 0 Å². The monoisotopic (exact) mass is 392 g/mol. The Morgan fingerprint density at radius 3 is 1.52 bits per heavy atom. The van der Waals surface area contributed by atoms with E-state index >= 15 is 0 Å². The van der Waals surface area contributed by atoms with Crippen LogP contribution in [0.4, 0.5) is 0 Å². The molecule has 0 fully saturated rings. The van der Waals surface area contributed by atoms with Crippen LogP contribution in [0.15, 0.2) is 22.1 Å². The van der Waals surface area contributed by atoms with E-state index in [0.29, 0.717) is 0 Å². The van der Waals surface area contributed by atoms with E-state index < -0.39 is 0 Å². The number of rotatable bonds is 4. The summed E-state index contributed by atoms with van der Waals surface area (Å²) in [5.74, 6) is 0. The topological polar surface area (TPSA) is 37.6 Å². The molecule has 0 aliphatic carbocycles. The Kier molecular flexibility index (Phi) is 20.4. The van der Waals surface area contributed by atoms with Crippen molar-refractivity contribution in [2.75, 3.05) is 13.1 Å². The predicted molar refractivity (Wildman–Crippen MR) is 74.5 cm³/mol. The number of aliphatic imine (C=N–C) groups is 2. The van der Waals surface area contributed by atoms with Crippen LogP contribution in [0.1, 0.15) is 44.6 Å². The summed E-state index contributed by atoms with van der Waals surface area (Å²) in [7, 11) is 0. The van der Waals surface area contributed by atoms with Gasteiger partial charge in [-0.1, -0.05) is 0 Å². The Bertz CT molecular complexity index is 425. The molecule has 0 aliphatic heterocycles. The van der Waals surface area contributed by atoms with Gasteiger partial charge in [-0.2, -0.15) is 0 Å². The molecule has 0 unspecified atom stereocenters. The Morgan fingerprint density at radius 1 is 0.905 bits per heavy atom. The molecule has 121 valence electrons. The van der Waals surface area contributed by atoms with E-state index in [2.05, 4.69) is 34.0 Å². The molecule has 0 spiro atoms. The molecular weight excluding hydrogens is 372 g/mol. The van der Waals surface area contributed by atoms with Gasteiger partial charge in [0.25, 0.3) is 0 Å². The maximum atomic E-state index is 4.61. The molecule has 1 heterocycles. The summed E-state index contributed by atoms with van der Waals surface area (Å²) in [4.78, 5) is 13.4. The largest absolute Gasteiger partial charge is 3.00 e. The van der Waals surface area contributed by atoms with Gasteiger partial charge in [-0.3, -0.25) is 9.98 Å². The normalized spacial score (nSPS) is 10.5. The molecule has 0 aliphatic rings. The maximum Gasteiger partial charge on any atom is 3.00 e. The van der Waals surface area contributed by atoms with Crippen molar-refractivity contribution in [1.82, 2.24) is 4.98 Å². The van der Waals surface area contributed by atoms with Crippen LogP contribution in [0.3, 0.4) is 0 Å². The SMILES string of the molecule is CCN=C(C)c1cc(C)cc(C(C)=NCC)n1.[Cl-].[Cl-].[Cl-].[Fe+3]. The molecule has 21 heavy (non-hydrogen) atoms. The van der Waals surface area contributed by atoms with E-state index in [1.165, 1.54) is 5.56 Å². The zero-order valence-corrected chi connectivity index (χ0v) is 16.3. The van der Waals surface area contributed by atoms with Gasteiger partial charge in [-0.05, 0) is 52.3 Å². The molecule has 0 amide bonds. The first-order valence-corrected chi connectivity index (χ1v) is 6.10. The Balaban J connectivity index is -0.000000361. The summed E-state index contributed by atoms with van der Waals surface area (Å²) >= 11 is 0. The number of nitrogens with zero attached hydrogens (tertiary/aromatic N) is 3. The van der Waals surface area contributed by atoms with Crippen molar-refractivity contribution in [3.05, 3.63) is 29.1 Å². The van der Waals surface area contributed by atoms with Gasteiger partial charge in [0, 0.05) is 13.1 Å². The molecule has 0 bridgehead atoms. The van der Waals surface area contributed by atoms with Gasteiger partial charge >= 0.3 is 17.1 Å². The third-order valence-corrected chi connectivity index (χ3v) is 2.50. The van der Waals surface area contributed by atoms with E-state index in [9.17, 15) is 0 Å². The molecule has 1 radical (unpaired) electrons. The first-order chi connectivity index (χ1) is 8.08. The minimum Gasteiger partial charge on any atom is -1.00 e. The van der Waals surface area contributed by atoms with Crippen LogP contribution < -0.4 is 37.2 Å². The fourth-order valence-electron chi connectivity index (χ4n) is 1.67. The van der Waals surface area contributed by atoms with Crippen LogP contribution in [0.25, 0.3) is 0 Å². The van der Waals surface area contributed by atoms with Crippen molar-refractivity contribution in [2.45, 2.75) is 34.6 Å². The van der Waals surface area contributed by atoms with E-state index in [1.807, 2.05) is 27.7 Å². The predicted octanol–water partition coefficient (Wildman–Crippen LogP) is -5.94. The van der Waals surface area contributed by atoms with Crippen molar-refractivity contribution in [3.63, 3.8) is 0 Å². The van der Waals surface area contributed by atoms with Crippen molar-refractivity contribution in [1.29, 1.82) is 0 Å². The van der Waals surface area contributed by atoms with E-state index in [4.69, 9.17) is 0 Å². The third-order valence-electron chi connectivity index (χ3n) is 2.50. The summed E-state index contributed by atoms with van der Waals surface area (Å²) in [5, 5.41) is 0. The number of aryl methyl sites for hydroxylation is 1. The van der Waals surface area contributed by atoms with Crippen molar-refractivity contribution < 1.29 is 54.3 Å². The molecule has 3 nitrogen and oxygen atoms in total. The molecule has 0 saturated carbocycles. The zero-order valence-electron chi connectivity index (χ0n) is 12.9. The number of aromatic nitrogens is 1. The fraction of sp³-hybridized carbons (Fsp3) is 0.500. The van der Waals surface area contributed by atoms with Gasteiger partial charge in [0.15, 0.2) is 0 Å². The molecule has 0 N–H and O–H groups in total. The van der Waals surface area contributed by atoms with Crippen LogP contribution in [0.5, 0.6) is 0 Å². The average molecular weight is 394 g/mol. The second-order valence-corrected chi connectivity index (χ2v) is 4.03. The zero-order chi connectivity index (χ0) is 12.8. The van der Waals surface area contributed by atoms with Crippen molar-refractivity contribution >= 4 is 11.4 Å². The average Bonchev–Trinajstić information content (AvgIpc) is 2.29. The van der Waals surface area contributed by atoms with E-state index in [0.717, 1.165) is 35.9 Å². The molecule has 1 aromatic rings. The number of halogens is 3. The van der Waals surface area contributed by atoms with Gasteiger partial charge in [0.1, 0.15) is 0 Å². The van der Waals surface area contributed by atoms with Crippen LogP contribution in [-0.2, 0) is 17.1 Å². The molecular formula is C14H21Cl3FeN3. The molecule has 0 saturated heterocycles. The molecule has 7 heteroatoms. The minimum atomic E-state index is 0.